The van der Waals surface area contributed by atoms with Crippen LogP contribution in [0.1, 0.15) is 12.8 Å². The molecule has 0 amide bonds. The fraction of sp³-hybridized carbons (Fsp3) is 0.400. The second-order valence-corrected chi connectivity index (χ2v) is 8.64. The average molecular weight is 408 g/mol. The normalized spacial score (nSPS) is 17.4. The molecule has 0 spiro atoms. The molecule has 0 radical (unpaired) electrons. The molecular weight excluding hydrogens is 383 g/mol. The standard InChI is InChI=1S/C20H25FN2O4S/c21-16-6-8-19(9-7-16)27-15-18(24)14-23-12-10-17(11-13-23)22-28(25,26)20-4-2-1-3-5-20/h1-9,17-18,22,24H,10-15H2. The summed E-state index contributed by atoms with van der Waals surface area (Å²) in [5.41, 5.74) is 0. The number of nitrogens with one attached hydrogen (secondary N) is 1. The molecule has 152 valence electrons. The Hall–Kier alpha value is -2.00. The van der Waals surface area contributed by atoms with E-state index in [2.05, 4.69) is 9.62 Å². The molecule has 6 nitrogen and oxygen atoms in total. The van der Waals surface area contributed by atoms with Gasteiger partial charge < -0.3 is 14.7 Å². The van der Waals surface area contributed by atoms with Crippen LogP contribution in [0.4, 0.5) is 4.39 Å². The fourth-order valence-corrected chi connectivity index (χ4v) is 4.52. The van der Waals surface area contributed by atoms with Gasteiger partial charge in [0.15, 0.2) is 0 Å². The van der Waals surface area contributed by atoms with Crippen molar-refractivity contribution in [3.63, 3.8) is 0 Å². The number of sulfonamides is 1. The van der Waals surface area contributed by atoms with Crippen molar-refractivity contribution in [2.75, 3.05) is 26.2 Å². The van der Waals surface area contributed by atoms with Crippen LogP contribution in [0, 0.1) is 5.82 Å². The van der Waals surface area contributed by atoms with E-state index < -0.39 is 16.1 Å². The topological polar surface area (TPSA) is 78.9 Å². The Morgan fingerprint density at radius 1 is 1.11 bits per heavy atom. The number of β-amino-alcohol motifs (C(OH)–C–C–N with tert-alkyl or cyclic N) is 1. The van der Waals surface area contributed by atoms with E-state index in [1.807, 2.05) is 0 Å². The number of nitrogens with zero attached hydrogens (tertiary/aromatic N) is 1. The zero-order chi connectivity index (χ0) is 20.0. The summed E-state index contributed by atoms with van der Waals surface area (Å²) in [6.07, 6.45) is 0.678. The van der Waals surface area contributed by atoms with Crippen molar-refractivity contribution in [3.05, 3.63) is 60.4 Å². The highest BCUT2D eigenvalue weighted by Gasteiger charge is 2.25. The highest BCUT2D eigenvalue weighted by molar-refractivity contribution is 7.89. The molecule has 0 aliphatic carbocycles. The summed E-state index contributed by atoms with van der Waals surface area (Å²) in [6, 6.07) is 13.9. The number of hydrogen-bond donors (Lipinski definition) is 2. The lowest BCUT2D eigenvalue weighted by molar-refractivity contribution is 0.0590. The first-order chi connectivity index (χ1) is 13.4. The van der Waals surface area contributed by atoms with Crippen molar-refractivity contribution in [1.29, 1.82) is 0 Å². The summed E-state index contributed by atoms with van der Waals surface area (Å²) in [4.78, 5) is 2.36. The van der Waals surface area contributed by atoms with Gasteiger partial charge in [0.05, 0.1) is 4.90 Å². The average Bonchev–Trinajstić information content (AvgIpc) is 2.69. The molecule has 2 aromatic rings. The maximum atomic E-state index is 12.9. The van der Waals surface area contributed by atoms with Crippen LogP contribution in [-0.4, -0.2) is 56.8 Å². The van der Waals surface area contributed by atoms with E-state index >= 15 is 0 Å². The Labute approximate surface area is 165 Å². The smallest absolute Gasteiger partial charge is 0.240 e. The number of likely N-dealkylation sites (tertiary alicyclic amines) is 1. The molecule has 0 aromatic heterocycles. The SMILES string of the molecule is O=S(=O)(NC1CCN(CC(O)COc2ccc(F)cc2)CC1)c1ccccc1. The van der Waals surface area contributed by atoms with Crippen molar-refractivity contribution in [2.45, 2.75) is 29.9 Å². The van der Waals surface area contributed by atoms with Gasteiger partial charge >= 0.3 is 0 Å². The van der Waals surface area contributed by atoms with Gasteiger partial charge in [-0.1, -0.05) is 18.2 Å². The molecule has 1 atom stereocenters. The van der Waals surface area contributed by atoms with E-state index in [1.165, 1.54) is 24.3 Å². The van der Waals surface area contributed by atoms with E-state index in [1.54, 1.807) is 30.3 Å². The van der Waals surface area contributed by atoms with Crippen LogP contribution >= 0.6 is 0 Å². The highest BCUT2D eigenvalue weighted by atomic mass is 32.2. The van der Waals surface area contributed by atoms with Crippen LogP contribution in [0.5, 0.6) is 5.75 Å². The number of aliphatic hydroxyl groups excluding tert-OH is 1. The minimum Gasteiger partial charge on any atom is -0.491 e. The third kappa shape index (κ3) is 6.00. The minimum absolute atomic E-state index is 0.117. The van der Waals surface area contributed by atoms with E-state index in [0.29, 0.717) is 38.2 Å². The number of hydrogen-bond acceptors (Lipinski definition) is 5. The van der Waals surface area contributed by atoms with Gasteiger partial charge in [-0.3, -0.25) is 0 Å². The molecule has 1 saturated heterocycles. The summed E-state index contributed by atoms with van der Waals surface area (Å²) in [7, 11) is -3.51. The Balaban J connectivity index is 1.40. The number of aliphatic hydroxyl groups is 1. The summed E-state index contributed by atoms with van der Waals surface area (Å²) >= 11 is 0. The lowest BCUT2D eigenvalue weighted by atomic mass is 10.1. The van der Waals surface area contributed by atoms with E-state index in [0.717, 1.165) is 0 Å². The van der Waals surface area contributed by atoms with Crippen LogP contribution < -0.4 is 9.46 Å². The molecule has 2 aromatic carbocycles. The predicted octanol–water partition coefficient (Wildman–Crippen LogP) is 2.01. The van der Waals surface area contributed by atoms with Gasteiger partial charge in [0.2, 0.25) is 10.0 Å². The van der Waals surface area contributed by atoms with Gasteiger partial charge in [0, 0.05) is 12.6 Å². The van der Waals surface area contributed by atoms with Crippen molar-refractivity contribution in [1.82, 2.24) is 9.62 Å². The number of benzene rings is 2. The first-order valence-electron chi connectivity index (χ1n) is 9.28. The number of piperidine rings is 1. The molecule has 1 aliphatic heterocycles. The zero-order valence-electron chi connectivity index (χ0n) is 15.5. The highest BCUT2D eigenvalue weighted by Crippen LogP contribution is 2.16. The molecule has 0 saturated carbocycles. The maximum Gasteiger partial charge on any atom is 0.240 e. The molecule has 3 rings (SSSR count). The minimum atomic E-state index is -3.51. The third-order valence-electron chi connectivity index (χ3n) is 4.69. The molecule has 0 bridgehead atoms. The molecule has 1 heterocycles. The first-order valence-corrected chi connectivity index (χ1v) is 10.8. The van der Waals surface area contributed by atoms with Crippen LogP contribution in [0.3, 0.4) is 0 Å². The van der Waals surface area contributed by atoms with Crippen molar-refractivity contribution in [2.24, 2.45) is 0 Å². The third-order valence-corrected chi connectivity index (χ3v) is 6.22. The molecule has 28 heavy (non-hydrogen) atoms. The second kappa shape index (κ2) is 9.47. The Morgan fingerprint density at radius 3 is 2.39 bits per heavy atom. The maximum absolute atomic E-state index is 12.9. The molecule has 1 aliphatic rings. The fourth-order valence-electron chi connectivity index (χ4n) is 3.19. The quantitative estimate of drug-likeness (QED) is 0.699. The van der Waals surface area contributed by atoms with Crippen LogP contribution in [0.15, 0.2) is 59.5 Å². The lowest BCUT2D eigenvalue weighted by Crippen LogP contribution is -2.47. The van der Waals surface area contributed by atoms with Gasteiger partial charge in [0.1, 0.15) is 24.3 Å². The van der Waals surface area contributed by atoms with Crippen LogP contribution in [0.25, 0.3) is 0 Å². The van der Waals surface area contributed by atoms with Crippen molar-refractivity contribution < 1.29 is 22.7 Å². The molecular formula is C20H25FN2O4S. The van der Waals surface area contributed by atoms with E-state index in [-0.39, 0.29) is 23.4 Å². The summed E-state index contributed by atoms with van der Waals surface area (Å²) in [5, 5.41) is 10.2. The predicted molar refractivity (Wildman–Crippen MR) is 104 cm³/mol. The van der Waals surface area contributed by atoms with Crippen molar-refractivity contribution >= 4 is 10.0 Å². The molecule has 1 fully saturated rings. The number of rotatable bonds is 8. The van der Waals surface area contributed by atoms with Crippen molar-refractivity contribution in [3.8, 4) is 5.75 Å². The monoisotopic (exact) mass is 408 g/mol. The number of ether oxygens (including phenoxy) is 1. The molecule has 8 heteroatoms. The Bertz CT molecular complexity index is 838. The summed E-state index contributed by atoms with van der Waals surface area (Å²) in [5.74, 6) is 0.174. The van der Waals surface area contributed by atoms with Crippen LogP contribution in [-0.2, 0) is 10.0 Å². The summed E-state index contributed by atoms with van der Waals surface area (Å²) < 4.78 is 45.9. The van der Waals surface area contributed by atoms with Gasteiger partial charge in [-0.25, -0.2) is 17.5 Å². The van der Waals surface area contributed by atoms with Gasteiger partial charge in [-0.15, -0.1) is 0 Å². The second-order valence-electron chi connectivity index (χ2n) is 6.93. The first kappa shape index (κ1) is 20.7. The Morgan fingerprint density at radius 2 is 1.75 bits per heavy atom. The molecule has 2 N–H and O–H groups in total. The van der Waals surface area contributed by atoms with Gasteiger partial charge in [-0.2, -0.15) is 0 Å². The van der Waals surface area contributed by atoms with E-state index in [4.69, 9.17) is 4.74 Å². The summed E-state index contributed by atoms with van der Waals surface area (Å²) in [6.45, 7) is 1.94. The number of halogens is 1. The largest absolute Gasteiger partial charge is 0.491 e. The van der Waals surface area contributed by atoms with Crippen LogP contribution in [0.2, 0.25) is 0 Å². The van der Waals surface area contributed by atoms with Gasteiger partial charge in [-0.05, 0) is 62.3 Å². The lowest BCUT2D eigenvalue weighted by Gasteiger charge is -2.33. The zero-order valence-corrected chi connectivity index (χ0v) is 16.3. The molecule has 1 unspecified atom stereocenters. The van der Waals surface area contributed by atoms with E-state index in [9.17, 15) is 17.9 Å². The van der Waals surface area contributed by atoms with Gasteiger partial charge in [0.25, 0.3) is 0 Å². The Kier molecular flexibility index (Phi) is 7.01.